The van der Waals surface area contributed by atoms with Crippen molar-refractivity contribution in [2.24, 2.45) is 0 Å². The minimum Gasteiger partial charge on any atom is -0.377 e. The Labute approximate surface area is 133 Å². The first-order chi connectivity index (χ1) is 10.3. The van der Waals surface area contributed by atoms with Gasteiger partial charge in [0.25, 0.3) is 0 Å². The molecule has 0 radical (unpaired) electrons. The van der Waals surface area contributed by atoms with E-state index in [9.17, 15) is 0 Å². The van der Waals surface area contributed by atoms with Crippen molar-refractivity contribution in [1.82, 2.24) is 0 Å². The smallest absolute Gasteiger partial charge is 0.133 e. The van der Waals surface area contributed by atoms with Crippen LogP contribution in [-0.2, 0) is 0 Å². The molecule has 0 aliphatic rings. The van der Waals surface area contributed by atoms with E-state index in [1.165, 1.54) is 83.5 Å². The maximum atomic E-state index is 9.14. The number of aliphatic hydroxyl groups is 1. The van der Waals surface area contributed by atoms with Crippen LogP contribution in [0.25, 0.3) is 0 Å². The van der Waals surface area contributed by atoms with Gasteiger partial charge in [0.15, 0.2) is 0 Å². The van der Waals surface area contributed by atoms with Gasteiger partial charge in [0.1, 0.15) is 6.10 Å². The summed E-state index contributed by atoms with van der Waals surface area (Å²) in [6.45, 7) is 2.27. The molecule has 0 aliphatic carbocycles. The number of terminal acetylenes is 1. The van der Waals surface area contributed by atoms with Crippen LogP contribution in [0.2, 0.25) is 0 Å². The molecule has 0 rings (SSSR count). The van der Waals surface area contributed by atoms with Gasteiger partial charge in [-0.15, -0.1) is 6.42 Å². The maximum Gasteiger partial charge on any atom is 0.133 e. The number of allylic oxidation sites excluding steroid dienone is 1. The molecule has 0 bridgehead atoms. The lowest BCUT2D eigenvalue weighted by atomic mass is 10.0. The molecule has 21 heavy (non-hydrogen) atoms. The molecule has 0 saturated carbocycles. The minimum atomic E-state index is -0.702. The van der Waals surface area contributed by atoms with Gasteiger partial charge in [-0.2, -0.15) is 0 Å². The van der Waals surface area contributed by atoms with Crippen molar-refractivity contribution in [2.45, 2.75) is 103 Å². The predicted molar refractivity (Wildman–Crippen MR) is 94.3 cm³/mol. The number of rotatable bonds is 15. The monoisotopic (exact) mass is 292 g/mol. The number of aliphatic hydroxyl groups excluding tert-OH is 1. The quantitative estimate of drug-likeness (QED) is 0.222. The number of hydrogen-bond acceptors (Lipinski definition) is 1. The van der Waals surface area contributed by atoms with Crippen molar-refractivity contribution in [2.75, 3.05) is 0 Å². The fourth-order valence-electron chi connectivity index (χ4n) is 2.56. The fraction of sp³-hybridized carbons (Fsp3) is 0.800. The summed E-state index contributed by atoms with van der Waals surface area (Å²) in [6, 6.07) is 0. The van der Waals surface area contributed by atoms with Crippen LogP contribution in [0.3, 0.4) is 0 Å². The molecule has 1 atom stereocenters. The van der Waals surface area contributed by atoms with E-state index in [-0.39, 0.29) is 0 Å². The molecule has 0 fully saturated rings. The number of hydrogen-bond donors (Lipinski definition) is 1. The zero-order valence-corrected chi connectivity index (χ0v) is 14.2. The summed E-state index contributed by atoms with van der Waals surface area (Å²) in [5.41, 5.74) is 0. The van der Waals surface area contributed by atoms with Crippen LogP contribution in [0.5, 0.6) is 0 Å². The highest BCUT2D eigenvalue weighted by Gasteiger charge is 1.93. The van der Waals surface area contributed by atoms with Gasteiger partial charge in [-0.25, -0.2) is 0 Å². The fourth-order valence-corrected chi connectivity index (χ4v) is 2.56. The van der Waals surface area contributed by atoms with Crippen molar-refractivity contribution < 1.29 is 5.11 Å². The summed E-state index contributed by atoms with van der Waals surface area (Å²) in [4.78, 5) is 0. The van der Waals surface area contributed by atoms with Crippen molar-refractivity contribution in [1.29, 1.82) is 0 Å². The second kappa shape index (κ2) is 17.3. The van der Waals surface area contributed by atoms with Gasteiger partial charge in [0, 0.05) is 0 Å². The highest BCUT2D eigenvalue weighted by atomic mass is 16.3. The average molecular weight is 293 g/mol. The van der Waals surface area contributed by atoms with Crippen LogP contribution in [0.4, 0.5) is 0 Å². The molecule has 0 saturated heterocycles. The van der Waals surface area contributed by atoms with Crippen LogP contribution in [0.15, 0.2) is 12.2 Å². The van der Waals surface area contributed by atoms with Gasteiger partial charge in [0.2, 0.25) is 0 Å². The summed E-state index contributed by atoms with van der Waals surface area (Å²) in [7, 11) is 0. The van der Waals surface area contributed by atoms with E-state index in [0.29, 0.717) is 0 Å². The van der Waals surface area contributed by atoms with Gasteiger partial charge < -0.3 is 5.11 Å². The standard InChI is InChI=1S/C20H36O/c1-3-5-6-7-8-9-10-11-12-13-14-15-16-17-18-19-20(21)4-2/h2,18-21H,3,5-17H2,1H3/b19-18+. The molecular weight excluding hydrogens is 256 g/mol. The Hall–Kier alpha value is -0.740. The van der Waals surface area contributed by atoms with Gasteiger partial charge in [-0.05, 0) is 18.9 Å². The zero-order valence-electron chi connectivity index (χ0n) is 14.2. The van der Waals surface area contributed by atoms with Crippen LogP contribution in [-0.4, -0.2) is 11.2 Å². The normalized spacial score (nSPS) is 12.6. The Morgan fingerprint density at radius 1 is 0.810 bits per heavy atom. The Balaban J connectivity index is 3.06. The van der Waals surface area contributed by atoms with E-state index in [0.717, 1.165) is 6.42 Å². The third kappa shape index (κ3) is 17.2. The summed E-state index contributed by atoms with van der Waals surface area (Å²) >= 11 is 0. The molecule has 1 nitrogen and oxygen atoms in total. The van der Waals surface area contributed by atoms with Gasteiger partial charge in [-0.1, -0.05) is 96.0 Å². The van der Waals surface area contributed by atoms with Gasteiger partial charge in [-0.3, -0.25) is 0 Å². The Morgan fingerprint density at radius 2 is 1.24 bits per heavy atom. The van der Waals surface area contributed by atoms with E-state index in [2.05, 4.69) is 12.8 Å². The highest BCUT2D eigenvalue weighted by Crippen LogP contribution is 2.12. The molecule has 1 heteroatoms. The molecule has 0 heterocycles. The van der Waals surface area contributed by atoms with Crippen molar-refractivity contribution >= 4 is 0 Å². The third-order valence-electron chi connectivity index (χ3n) is 3.96. The van der Waals surface area contributed by atoms with Crippen LogP contribution in [0, 0.1) is 12.3 Å². The third-order valence-corrected chi connectivity index (χ3v) is 3.96. The van der Waals surface area contributed by atoms with E-state index in [4.69, 9.17) is 11.5 Å². The zero-order chi connectivity index (χ0) is 15.6. The first kappa shape index (κ1) is 20.3. The molecule has 0 aromatic carbocycles. The maximum absolute atomic E-state index is 9.14. The summed E-state index contributed by atoms with van der Waals surface area (Å²) in [5.74, 6) is 2.28. The lowest BCUT2D eigenvalue weighted by Gasteiger charge is -2.02. The van der Waals surface area contributed by atoms with Gasteiger partial charge >= 0.3 is 0 Å². The molecule has 0 aliphatic heterocycles. The topological polar surface area (TPSA) is 20.2 Å². The second-order valence-electron chi connectivity index (χ2n) is 6.07. The van der Waals surface area contributed by atoms with Crippen molar-refractivity contribution in [3.63, 3.8) is 0 Å². The SMILES string of the molecule is C#CC(O)/C=C/CCCCCCCCCCCCCCC. The van der Waals surface area contributed by atoms with Crippen LogP contribution in [0.1, 0.15) is 96.8 Å². The molecule has 1 N–H and O–H groups in total. The van der Waals surface area contributed by atoms with Crippen LogP contribution < -0.4 is 0 Å². The van der Waals surface area contributed by atoms with E-state index in [1.54, 1.807) is 6.08 Å². The van der Waals surface area contributed by atoms with E-state index in [1.807, 2.05) is 6.08 Å². The van der Waals surface area contributed by atoms with Crippen molar-refractivity contribution in [3.8, 4) is 12.3 Å². The summed E-state index contributed by atoms with van der Waals surface area (Å²) < 4.78 is 0. The summed E-state index contributed by atoms with van der Waals surface area (Å²) in [5, 5.41) is 9.14. The average Bonchev–Trinajstić information content (AvgIpc) is 2.50. The second-order valence-corrected chi connectivity index (χ2v) is 6.07. The molecule has 1 unspecified atom stereocenters. The van der Waals surface area contributed by atoms with Gasteiger partial charge in [0.05, 0.1) is 0 Å². The van der Waals surface area contributed by atoms with E-state index < -0.39 is 6.10 Å². The minimum absolute atomic E-state index is 0.702. The Kier molecular flexibility index (Phi) is 16.7. The lowest BCUT2D eigenvalue weighted by Crippen LogP contribution is -1.95. The molecule has 0 spiro atoms. The van der Waals surface area contributed by atoms with Crippen LogP contribution >= 0.6 is 0 Å². The first-order valence-corrected chi connectivity index (χ1v) is 9.12. The first-order valence-electron chi connectivity index (χ1n) is 9.12. The molecule has 122 valence electrons. The Bertz CT molecular complexity index is 262. The molecular formula is C20H36O. The Morgan fingerprint density at radius 3 is 1.67 bits per heavy atom. The van der Waals surface area contributed by atoms with Crippen molar-refractivity contribution in [3.05, 3.63) is 12.2 Å². The molecule has 0 aromatic rings. The number of unbranched alkanes of at least 4 members (excludes halogenated alkanes) is 13. The molecule has 0 amide bonds. The molecule has 0 aromatic heterocycles. The predicted octanol–water partition coefficient (Wildman–Crippen LogP) is 6.02. The highest BCUT2D eigenvalue weighted by molar-refractivity contribution is 5.05. The lowest BCUT2D eigenvalue weighted by molar-refractivity contribution is 0.280. The largest absolute Gasteiger partial charge is 0.377 e. The summed E-state index contributed by atoms with van der Waals surface area (Å²) in [6.07, 6.45) is 27.1. The van der Waals surface area contributed by atoms with E-state index >= 15 is 0 Å².